The van der Waals surface area contributed by atoms with Crippen molar-refractivity contribution >= 4 is 35.5 Å². The van der Waals surface area contributed by atoms with Gasteiger partial charge >= 0.3 is 23.9 Å². The van der Waals surface area contributed by atoms with Gasteiger partial charge in [-0.15, -0.1) is 0 Å². The van der Waals surface area contributed by atoms with E-state index < -0.39 is 54.0 Å². The normalized spacial score (nSPS) is 22.1. The SMILES string of the molecule is CCOc1ccc(Cc2cc([C@@H]3C[C@H](COC(C)=O)[C@@H](OC(C)=O)[C@H](OC(C)=O)[C@H]3OC(C)=O)ccc2Cl)cc1. The van der Waals surface area contributed by atoms with E-state index in [4.69, 9.17) is 35.3 Å². The van der Waals surface area contributed by atoms with Crippen LogP contribution in [0, 0.1) is 5.92 Å². The topological polar surface area (TPSA) is 114 Å². The summed E-state index contributed by atoms with van der Waals surface area (Å²) < 4.78 is 27.7. The molecule has 0 unspecified atom stereocenters. The summed E-state index contributed by atoms with van der Waals surface area (Å²) >= 11 is 6.58. The molecule has 2 aromatic carbocycles. The van der Waals surface area contributed by atoms with Gasteiger partial charge in [0.15, 0.2) is 6.10 Å². The smallest absolute Gasteiger partial charge is 0.303 e. The Balaban J connectivity index is 2.03. The number of carbonyl (C=O) groups is 4. The quantitative estimate of drug-likeness (QED) is 0.292. The van der Waals surface area contributed by atoms with Gasteiger partial charge in [0, 0.05) is 44.6 Å². The fourth-order valence-corrected chi connectivity index (χ4v) is 5.25. The van der Waals surface area contributed by atoms with E-state index in [0.717, 1.165) is 22.4 Å². The maximum Gasteiger partial charge on any atom is 0.303 e. The van der Waals surface area contributed by atoms with Gasteiger partial charge in [0.2, 0.25) is 0 Å². The molecule has 0 radical (unpaired) electrons. The van der Waals surface area contributed by atoms with Crippen LogP contribution in [0.1, 0.15) is 63.6 Å². The molecule has 0 aliphatic heterocycles. The van der Waals surface area contributed by atoms with Gasteiger partial charge in [-0.3, -0.25) is 19.2 Å². The summed E-state index contributed by atoms with van der Waals surface area (Å²) in [6, 6.07) is 13.2. The average molecular weight is 575 g/mol. The number of ether oxygens (including phenoxy) is 5. The molecule has 5 atom stereocenters. The second-order valence-corrected chi connectivity index (χ2v) is 10.1. The van der Waals surface area contributed by atoms with Crippen LogP contribution >= 0.6 is 11.6 Å². The van der Waals surface area contributed by atoms with Crippen molar-refractivity contribution in [2.75, 3.05) is 13.2 Å². The molecular formula is C30H35ClO9. The molecule has 0 aromatic heterocycles. The number of esters is 4. The van der Waals surface area contributed by atoms with Crippen LogP contribution in [0.2, 0.25) is 5.02 Å². The first kappa shape index (κ1) is 30.9. The minimum Gasteiger partial charge on any atom is -0.494 e. The van der Waals surface area contributed by atoms with Gasteiger partial charge in [-0.05, 0) is 54.7 Å². The Morgan fingerprint density at radius 2 is 1.40 bits per heavy atom. The van der Waals surface area contributed by atoms with Crippen LogP contribution in [0.25, 0.3) is 0 Å². The third-order valence-electron chi connectivity index (χ3n) is 6.60. The highest BCUT2D eigenvalue weighted by Crippen LogP contribution is 2.42. The Labute approximate surface area is 239 Å². The fraction of sp³-hybridized carbons (Fsp3) is 0.467. The lowest BCUT2D eigenvalue weighted by Gasteiger charge is -2.44. The van der Waals surface area contributed by atoms with E-state index >= 15 is 0 Å². The largest absolute Gasteiger partial charge is 0.494 e. The lowest BCUT2D eigenvalue weighted by Crippen LogP contribution is -2.56. The van der Waals surface area contributed by atoms with Crippen LogP contribution in [0.3, 0.4) is 0 Å². The first-order valence-electron chi connectivity index (χ1n) is 13.1. The van der Waals surface area contributed by atoms with Gasteiger partial charge in [-0.1, -0.05) is 35.9 Å². The molecule has 1 aliphatic rings. The lowest BCUT2D eigenvalue weighted by molar-refractivity contribution is -0.202. The van der Waals surface area contributed by atoms with E-state index in [0.29, 0.717) is 24.5 Å². The fourth-order valence-electron chi connectivity index (χ4n) is 5.06. The van der Waals surface area contributed by atoms with Crippen LogP contribution in [0.15, 0.2) is 42.5 Å². The first-order chi connectivity index (χ1) is 19.0. The summed E-state index contributed by atoms with van der Waals surface area (Å²) in [5, 5.41) is 0.559. The molecule has 216 valence electrons. The molecule has 10 heteroatoms. The number of hydrogen-bond acceptors (Lipinski definition) is 9. The molecule has 9 nitrogen and oxygen atoms in total. The van der Waals surface area contributed by atoms with Crippen LogP contribution in [0.5, 0.6) is 5.75 Å². The molecule has 1 saturated carbocycles. The molecule has 3 rings (SSSR count). The number of carbonyl (C=O) groups excluding carboxylic acids is 4. The summed E-state index contributed by atoms with van der Waals surface area (Å²) in [4.78, 5) is 48.0. The number of hydrogen-bond donors (Lipinski definition) is 0. The molecule has 0 saturated heterocycles. The molecule has 1 aliphatic carbocycles. The average Bonchev–Trinajstić information content (AvgIpc) is 2.87. The zero-order chi connectivity index (χ0) is 29.4. The van der Waals surface area contributed by atoms with Crippen LogP contribution < -0.4 is 4.74 Å². The van der Waals surface area contributed by atoms with Crippen molar-refractivity contribution in [3.05, 3.63) is 64.2 Å². The van der Waals surface area contributed by atoms with E-state index in [1.807, 2.05) is 43.3 Å². The number of halogens is 1. The molecule has 2 aromatic rings. The molecule has 1 fully saturated rings. The Hall–Kier alpha value is -3.59. The summed E-state index contributed by atoms with van der Waals surface area (Å²) in [6.07, 6.45) is -2.26. The molecule has 0 bridgehead atoms. The Kier molecular flexibility index (Phi) is 11.0. The number of rotatable bonds is 10. The van der Waals surface area contributed by atoms with Crippen molar-refractivity contribution < 1.29 is 42.9 Å². The second kappa shape index (κ2) is 14.2. The Bertz CT molecular complexity index is 1210. The molecular weight excluding hydrogens is 540 g/mol. The zero-order valence-corrected chi connectivity index (χ0v) is 24.1. The highest BCUT2D eigenvalue weighted by atomic mass is 35.5. The van der Waals surface area contributed by atoms with Crippen molar-refractivity contribution in [2.24, 2.45) is 5.92 Å². The summed E-state index contributed by atoms with van der Waals surface area (Å²) in [5.41, 5.74) is 2.64. The third kappa shape index (κ3) is 8.45. The standard InChI is InChI=1S/C30H35ClO9/c1-6-36-25-10-7-21(8-11-25)13-23-14-22(9-12-27(23)31)26-15-24(16-37-17(2)32)28(38-18(3)33)30(40-20(5)35)29(26)39-19(4)34/h7-12,14,24,26,28-30H,6,13,15-16H2,1-5H3/t24-,26+,28-,29+,30+/m1/s1. The maximum absolute atomic E-state index is 12.2. The van der Waals surface area contributed by atoms with Gasteiger partial charge in [-0.2, -0.15) is 0 Å². The zero-order valence-electron chi connectivity index (χ0n) is 23.3. The highest BCUT2D eigenvalue weighted by Gasteiger charge is 2.51. The summed E-state index contributed by atoms with van der Waals surface area (Å²) in [5.74, 6) is -2.60. The van der Waals surface area contributed by atoms with Crippen molar-refractivity contribution in [3.63, 3.8) is 0 Å². The van der Waals surface area contributed by atoms with Gasteiger partial charge in [0.1, 0.15) is 18.0 Å². The summed E-state index contributed by atoms with van der Waals surface area (Å²) in [7, 11) is 0. The van der Waals surface area contributed by atoms with E-state index in [-0.39, 0.29) is 6.61 Å². The number of benzene rings is 2. The first-order valence-corrected chi connectivity index (χ1v) is 13.5. The van der Waals surface area contributed by atoms with E-state index in [1.165, 1.54) is 27.7 Å². The van der Waals surface area contributed by atoms with E-state index in [9.17, 15) is 19.2 Å². The van der Waals surface area contributed by atoms with Gasteiger partial charge in [0.25, 0.3) is 0 Å². The van der Waals surface area contributed by atoms with E-state index in [2.05, 4.69) is 0 Å². The molecule has 0 heterocycles. The predicted molar refractivity (Wildman–Crippen MR) is 146 cm³/mol. The van der Waals surface area contributed by atoms with Crippen LogP contribution in [-0.4, -0.2) is 55.4 Å². The second-order valence-electron chi connectivity index (χ2n) is 9.73. The predicted octanol–water partition coefficient (Wildman–Crippen LogP) is 4.79. The van der Waals surface area contributed by atoms with Gasteiger partial charge in [0.05, 0.1) is 13.2 Å². The highest BCUT2D eigenvalue weighted by molar-refractivity contribution is 6.31. The van der Waals surface area contributed by atoms with Crippen molar-refractivity contribution in [3.8, 4) is 5.75 Å². The third-order valence-corrected chi connectivity index (χ3v) is 6.97. The van der Waals surface area contributed by atoms with Gasteiger partial charge < -0.3 is 23.7 Å². The Morgan fingerprint density at radius 3 is 1.98 bits per heavy atom. The Morgan fingerprint density at radius 1 is 0.800 bits per heavy atom. The van der Waals surface area contributed by atoms with Gasteiger partial charge in [-0.25, -0.2) is 0 Å². The minimum atomic E-state index is -1.13. The molecule has 40 heavy (non-hydrogen) atoms. The molecule has 0 amide bonds. The van der Waals surface area contributed by atoms with E-state index in [1.54, 1.807) is 6.07 Å². The van der Waals surface area contributed by atoms with Crippen molar-refractivity contribution in [2.45, 2.75) is 71.7 Å². The maximum atomic E-state index is 12.2. The van der Waals surface area contributed by atoms with Crippen molar-refractivity contribution in [1.29, 1.82) is 0 Å². The van der Waals surface area contributed by atoms with Crippen LogP contribution in [-0.2, 0) is 44.5 Å². The molecule has 0 N–H and O–H groups in total. The van der Waals surface area contributed by atoms with Crippen LogP contribution in [0.4, 0.5) is 0 Å². The van der Waals surface area contributed by atoms with Crippen molar-refractivity contribution in [1.82, 2.24) is 0 Å². The monoisotopic (exact) mass is 574 g/mol. The lowest BCUT2D eigenvalue weighted by atomic mass is 9.72. The minimum absolute atomic E-state index is 0.0824. The molecule has 0 spiro atoms. The summed E-state index contributed by atoms with van der Waals surface area (Å²) in [6.45, 7) is 7.39.